The van der Waals surface area contributed by atoms with Gasteiger partial charge in [-0.2, -0.15) is 65.9 Å². The van der Waals surface area contributed by atoms with Crippen molar-refractivity contribution < 1.29 is 85.6 Å². The highest BCUT2D eigenvalue weighted by Gasteiger charge is 2.93. The standard InChI is InChI=1S/C23H22F15NO4/c24-17(25,18(26,27)19(28,29)20(30,31)21(32,33)22(34,35)23(36,37)38)9-3-1-2-4-10-39-14-7-5-13(6-8-14)16(42)43-12-15(41)11-40/h3,5-9,15,39-41H,1-2,4,10-12H2. The van der Waals surface area contributed by atoms with Crippen LogP contribution < -0.4 is 5.32 Å². The van der Waals surface area contributed by atoms with Crippen LogP contribution in [0.15, 0.2) is 36.4 Å². The van der Waals surface area contributed by atoms with Crippen LogP contribution in [0.5, 0.6) is 0 Å². The molecule has 20 heteroatoms. The summed E-state index contributed by atoms with van der Waals surface area (Å²) in [6, 6.07) is 5.35. The van der Waals surface area contributed by atoms with Gasteiger partial charge in [0.15, 0.2) is 0 Å². The summed E-state index contributed by atoms with van der Waals surface area (Å²) < 4.78 is 202. The van der Waals surface area contributed by atoms with Crippen molar-refractivity contribution in [2.24, 2.45) is 0 Å². The number of benzene rings is 1. The normalized spacial score (nSPS) is 15.1. The summed E-state index contributed by atoms with van der Waals surface area (Å²) >= 11 is 0. The van der Waals surface area contributed by atoms with Gasteiger partial charge < -0.3 is 20.3 Å². The molecule has 0 heterocycles. The molecule has 0 aliphatic rings. The van der Waals surface area contributed by atoms with Crippen LogP contribution in [0.2, 0.25) is 0 Å². The molecule has 0 aliphatic heterocycles. The second-order valence-corrected chi connectivity index (χ2v) is 8.83. The van der Waals surface area contributed by atoms with Crippen LogP contribution in [0.25, 0.3) is 0 Å². The molecule has 0 fully saturated rings. The fourth-order valence-electron chi connectivity index (χ4n) is 2.97. The van der Waals surface area contributed by atoms with Gasteiger partial charge in [0.25, 0.3) is 0 Å². The van der Waals surface area contributed by atoms with E-state index in [0.29, 0.717) is 5.69 Å². The molecule has 0 saturated carbocycles. The Hall–Kier alpha value is -2.90. The van der Waals surface area contributed by atoms with E-state index >= 15 is 0 Å². The number of anilines is 1. The molecule has 0 spiro atoms. The number of unbranched alkanes of at least 4 members (excludes halogenated alkanes) is 2. The van der Waals surface area contributed by atoms with Crippen molar-refractivity contribution in [3.8, 4) is 0 Å². The van der Waals surface area contributed by atoms with Gasteiger partial charge in [0.05, 0.1) is 12.2 Å². The summed E-state index contributed by atoms with van der Waals surface area (Å²) in [5.74, 6) is -47.5. The van der Waals surface area contributed by atoms with E-state index in [-0.39, 0.29) is 31.0 Å². The average Bonchev–Trinajstić information content (AvgIpc) is 2.89. The zero-order valence-electron chi connectivity index (χ0n) is 21.2. The highest BCUT2D eigenvalue weighted by Crippen LogP contribution is 2.62. The van der Waals surface area contributed by atoms with E-state index in [1.165, 1.54) is 24.3 Å². The van der Waals surface area contributed by atoms with Gasteiger partial charge in [-0.15, -0.1) is 0 Å². The van der Waals surface area contributed by atoms with E-state index in [4.69, 9.17) is 14.9 Å². The molecule has 1 aromatic rings. The molecule has 0 bridgehead atoms. The number of nitrogens with one attached hydrogen (secondary N) is 1. The smallest absolute Gasteiger partial charge is 0.459 e. The first kappa shape index (κ1) is 38.1. The van der Waals surface area contributed by atoms with Crippen molar-refractivity contribution in [2.45, 2.75) is 67.1 Å². The highest BCUT2D eigenvalue weighted by molar-refractivity contribution is 5.89. The lowest BCUT2D eigenvalue weighted by molar-refractivity contribution is -0.449. The van der Waals surface area contributed by atoms with Crippen LogP contribution in [0, 0.1) is 0 Å². The second kappa shape index (κ2) is 13.4. The minimum atomic E-state index is -8.31. The van der Waals surface area contributed by atoms with Crippen molar-refractivity contribution in [1.82, 2.24) is 0 Å². The molecule has 1 rings (SSSR count). The summed E-state index contributed by atoms with van der Waals surface area (Å²) in [5.41, 5.74) is 0.449. The van der Waals surface area contributed by atoms with E-state index in [0.717, 1.165) is 0 Å². The lowest BCUT2D eigenvalue weighted by Gasteiger charge is -2.41. The topological polar surface area (TPSA) is 78.8 Å². The fraction of sp³-hybridized carbons (Fsp3) is 0.609. The van der Waals surface area contributed by atoms with Crippen LogP contribution in [-0.4, -0.2) is 83.8 Å². The average molecular weight is 661 g/mol. The molecule has 1 aromatic carbocycles. The third-order valence-electron chi connectivity index (χ3n) is 5.54. The molecular formula is C23H22F15NO4. The molecule has 0 aromatic heterocycles. The Morgan fingerprint density at radius 2 is 1.26 bits per heavy atom. The number of carbonyl (C=O) groups is 1. The Morgan fingerprint density at radius 1 is 0.767 bits per heavy atom. The van der Waals surface area contributed by atoms with E-state index in [1.807, 2.05) is 0 Å². The van der Waals surface area contributed by atoms with E-state index in [2.05, 4.69) is 5.32 Å². The van der Waals surface area contributed by atoms with Crippen molar-refractivity contribution in [2.75, 3.05) is 25.1 Å². The first-order valence-electron chi connectivity index (χ1n) is 11.6. The number of alkyl halides is 15. The SMILES string of the molecule is O=C(OCC(O)CO)c1ccc(NCCCCC=CC(F)(F)C(F)(F)C(F)(F)C(F)(F)C(F)(F)C(F)(F)C(F)(F)F)cc1. The summed E-state index contributed by atoms with van der Waals surface area (Å²) in [4.78, 5) is 11.8. The number of rotatable bonds is 16. The van der Waals surface area contributed by atoms with E-state index in [1.54, 1.807) is 0 Å². The predicted molar refractivity (Wildman–Crippen MR) is 117 cm³/mol. The Kier molecular flexibility index (Phi) is 11.9. The number of esters is 1. The molecule has 0 aliphatic carbocycles. The van der Waals surface area contributed by atoms with Crippen molar-refractivity contribution in [3.05, 3.63) is 42.0 Å². The molecule has 0 amide bonds. The zero-order chi connectivity index (χ0) is 33.7. The minimum absolute atomic E-state index is 0.0543. The maximum atomic E-state index is 13.8. The van der Waals surface area contributed by atoms with Gasteiger partial charge in [-0.05, 0) is 49.6 Å². The van der Waals surface area contributed by atoms with Gasteiger partial charge in [-0.25, -0.2) is 4.79 Å². The van der Waals surface area contributed by atoms with Gasteiger partial charge in [-0.1, -0.05) is 6.08 Å². The van der Waals surface area contributed by atoms with Gasteiger partial charge in [0, 0.05) is 12.2 Å². The summed E-state index contributed by atoms with van der Waals surface area (Å²) in [6.07, 6.45) is -10.7. The van der Waals surface area contributed by atoms with Crippen LogP contribution in [0.1, 0.15) is 29.6 Å². The lowest BCUT2D eigenvalue weighted by Crippen LogP contribution is -2.72. The molecular weight excluding hydrogens is 639 g/mol. The van der Waals surface area contributed by atoms with E-state index in [9.17, 15) is 70.7 Å². The number of hydrogen-bond acceptors (Lipinski definition) is 5. The maximum Gasteiger partial charge on any atom is 0.460 e. The number of aliphatic hydroxyl groups is 2. The lowest BCUT2D eigenvalue weighted by atomic mass is 9.91. The maximum absolute atomic E-state index is 13.8. The Balaban J connectivity index is 2.77. The van der Waals surface area contributed by atoms with Crippen LogP contribution in [-0.2, 0) is 4.74 Å². The molecule has 43 heavy (non-hydrogen) atoms. The first-order chi connectivity index (χ1) is 19.3. The van der Waals surface area contributed by atoms with E-state index < -0.39 is 79.5 Å². The van der Waals surface area contributed by atoms with Crippen LogP contribution in [0.3, 0.4) is 0 Å². The van der Waals surface area contributed by atoms with Crippen molar-refractivity contribution in [1.29, 1.82) is 0 Å². The largest absolute Gasteiger partial charge is 0.460 e. The molecule has 1 atom stereocenters. The second-order valence-electron chi connectivity index (χ2n) is 8.83. The monoisotopic (exact) mass is 661 g/mol. The van der Waals surface area contributed by atoms with Crippen LogP contribution >= 0.6 is 0 Å². The molecule has 0 radical (unpaired) electrons. The van der Waals surface area contributed by atoms with Gasteiger partial charge >= 0.3 is 47.7 Å². The number of ether oxygens (including phenoxy) is 1. The number of allylic oxidation sites excluding steroid dienone is 2. The third-order valence-corrected chi connectivity index (χ3v) is 5.54. The molecule has 5 nitrogen and oxygen atoms in total. The van der Waals surface area contributed by atoms with Gasteiger partial charge in [0.2, 0.25) is 0 Å². The van der Waals surface area contributed by atoms with Crippen molar-refractivity contribution in [3.63, 3.8) is 0 Å². The minimum Gasteiger partial charge on any atom is -0.459 e. The Labute approximate surface area is 232 Å². The van der Waals surface area contributed by atoms with Gasteiger partial charge in [0.1, 0.15) is 12.7 Å². The highest BCUT2D eigenvalue weighted by atomic mass is 19.4. The molecule has 0 saturated heterocycles. The van der Waals surface area contributed by atoms with Crippen LogP contribution in [0.4, 0.5) is 71.5 Å². The van der Waals surface area contributed by atoms with Crippen molar-refractivity contribution >= 4 is 11.7 Å². The van der Waals surface area contributed by atoms with Gasteiger partial charge in [-0.3, -0.25) is 0 Å². The Bertz CT molecular complexity index is 1090. The number of carbonyl (C=O) groups excluding carboxylic acids is 1. The molecule has 3 N–H and O–H groups in total. The number of halogens is 15. The number of hydrogen-bond donors (Lipinski definition) is 3. The first-order valence-corrected chi connectivity index (χ1v) is 11.6. The molecule has 248 valence electrons. The third kappa shape index (κ3) is 7.79. The summed E-state index contributed by atoms with van der Waals surface area (Å²) in [6.45, 7) is -1.06. The summed E-state index contributed by atoms with van der Waals surface area (Å²) in [7, 11) is 0. The molecule has 1 unspecified atom stereocenters. The zero-order valence-corrected chi connectivity index (χ0v) is 21.2. The predicted octanol–water partition coefficient (Wildman–Crippen LogP) is 6.71. The number of aliphatic hydroxyl groups excluding tert-OH is 2. The quantitative estimate of drug-likeness (QED) is 0.0795. The summed E-state index contributed by atoms with van der Waals surface area (Å²) in [5, 5.41) is 20.6. The fourth-order valence-corrected chi connectivity index (χ4v) is 2.97. The Morgan fingerprint density at radius 3 is 1.74 bits per heavy atom.